The molecular formula is C8H13N5O3. The number of anilines is 1. The van der Waals surface area contributed by atoms with E-state index in [1.165, 1.54) is 4.68 Å². The minimum Gasteiger partial charge on any atom is -0.481 e. The number of hydrogen-bond acceptors (Lipinski definition) is 6. The Labute approximate surface area is 91.8 Å². The Balaban J connectivity index is 2.18. The second-order valence-electron chi connectivity index (χ2n) is 3.76. The highest BCUT2D eigenvalue weighted by molar-refractivity contribution is 5.72. The summed E-state index contributed by atoms with van der Waals surface area (Å²) in [6.07, 6.45) is 0. The largest absolute Gasteiger partial charge is 0.481 e. The zero-order valence-corrected chi connectivity index (χ0v) is 9.07. The molecule has 0 radical (unpaired) electrons. The molecule has 88 valence electrons. The average Bonchev–Trinajstić information content (AvgIpc) is 2.84. The molecule has 1 aromatic rings. The van der Waals surface area contributed by atoms with Crippen LogP contribution in [0.1, 0.15) is 0 Å². The Morgan fingerprint density at radius 1 is 1.62 bits per heavy atom. The number of aliphatic carboxylic acids is 1. The zero-order chi connectivity index (χ0) is 11.7. The van der Waals surface area contributed by atoms with E-state index in [2.05, 4.69) is 15.5 Å². The van der Waals surface area contributed by atoms with Gasteiger partial charge in [-0.3, -0.25) is 4.79 Å². The standard InChI is InChI=1S/C8H13N5O3/c1-12(8-9-10-11-13(8)2)6-4-16-3-5(6)7(14)15/h5-6H,3-4H2,1-2H3,(H,14,15). The van der Waals surface area contributed by atoms with Crippen LogP contribution in [0.5, 0.6) is 0 Å². The van der Waals surface area contributed by atoms with Crippen molar-refractivity contribution in [3.63, 3.8) is 0 Å². The van der Waals surface area contributed by atoms with Gasteiger partial charge in [0.15, 0.2) is 0 Å². The summed E-state index contributed by atoms with van der Waals surface area (Å²) in [5.74, 6) is -0.868. The molecule has 0 amide bonds. The highest BCUT2D eigenvalue weighted by Crippen LogP contribution is 2.22. The van der Waals surface area contributed by atoms with Gasteiger partial charge in [0.1, 0.15) is 5.92 Å². The number of hydrogen-bond donors (Lipinski definition) is 1. The van der Waals surface area contributed by atoms with Gasteiger partial charge in [0.2, 0.25) is 5.95 Å². The van der Waals surface area contributed by atoms with Crippen LogP contribution in [0.2, 0.25) is 0 Å². The maximum absolute atomic E-state index is 11.0. The summed E-state index contributed by atoms with van der Waals surface area (Å²) in [6, 6.07) is -0.234. The second kappa shape index (κ2) is 4.05. The number of carbonyl (C=O) groups is 1. The summed E-state index contributed by atoms with van der Waals surface area (Å²) < 4.78 is 6.69. The van der Waals surface area contributed by atoms with Gasteiger partial charge in [-0.05, 0) is 10.4 Å². The Hall–Kier alpha value is -1.70. The van der Waals surface area contributed by atoms with Crippen LogP contribution in [0.3, 0.4) is 0 Å². The molecule has 1 N–H and O–H groups in total. The van der Waals surface area contributed by atoms with E-state index in [0.29, 0.717) is 12.6 Å². The molecule has 0 spiro atoms. The summed E-state index contributed by atoms with van der Waals surface area (Å²) in [4.78, 5) is 12.7. The lowest BCUT2D eigenvalue weighted by atomic mass is 10.0. The van der Waals surface area contributed by atoms with E-state index < -0.39 is 11.9 Å². The molecule has 2 rings (SSSR count). The molecule has 2 unspecified atom stereocenters. The average molecular weight is 227 g/mol. The van der Waals surface area contributed by atoms with Crippen molar-refractivity contribution in [2.45, 2.75) is 6.04 Å². The summed E-state index contributed by atoms with van der Waals surface area (Å²) >= 11 is 0. The maximum Gasteiger partial charge on any atom is 0.311 e. The van der Waals surface area contributed by atoms with Crippen LogP contribution < -0.4 is 4.90 Å². The number of tetrazole rings is 1. The molecule has 1 aliphatic rings. The summed E-state index contributed by atoms with van der Waals surface area (Å²) in [6.45, 7) is 0.607. The predicted octanol–water partition coefficient (Wildman–Crippen LogP) is -1.25. The van der Waals surface area contributed by atoms with Crippen molar-refractivity contribution in [2.24, 2.45) is 13.0 Å². The van der Waals surface area contributed by atoms with Gasteiger partial charge in [-0.25, -0.2) is 4.68 Å². The molecule has 2 atom stereocenters. The molecule has 1 aromatic heterocycles. The molecule has 16 heavy (non-hydrogen) atoms. The topological polar surface area (TPSA) is 93.4 Å². The molecule has 1 aliphatic heterocycles. The number of carboxylic acids is 1. The predicted molar refractivity (Wildman–Crippen MR) is 52.9 cm³/mol. The van der Waals surface area contributed by atoms with E-state index >= 15 is 0 Å². The van der Waals surface area contributed by atoms with Crippen molar-refractivity contribution in [1.29, 1.82) is 0 Å². The van der Waals surface area contributed by atoms with E-state index in [-0.39, 0.29) is 12.6 Å². The fraction of sp³-hybridized carbons (Fsp3) is 0.750. The van der Waals surface area contributed by atoms with Gasteiger partial charge in [0.25, 0.3) is 0 Å². The van der Waals surface area contributed by atoms with Gasteiger partial charge in [0, 0.05) is 14.1 Å². The molecule has 1 fully saturated rings. The fourth-order valence-corrected chi connectivity index (χ4v) is 1.83. The first-order chi connectivity index (χ1) is 7.61. The molecule has 1 saturated heterocycles. The van der Waals surface area contributed by atoms with Crippen molar-refractivity contribution in [3.8, 4) is 0 Å². The molecule has 0 aliphatic carbocycles. The van der Waals surface area contributed by atoms with Crippen LogP contribution in [0.15, 0.2) is 0 Å². The summed E-state index contributed by atoms with van der Waals surface area (Å²) in [7, 11) is 3.47. The van der Waals surface area contributed by atoms with Gasteiger partial charge >= 0.3 is 5.97 Å². The minimum atomic E-state index is -0.857. The number of likely N-dealkylation sites (N-methyl/N-ethyl adjacent to an activating group) is 1. The first kappa shape index (κ1) is 10.8. The Kier molecular flexibility index (Phi) is 2.73. The third kappa shape index (κ3) is 1.71. The van der Waals surface area contributed by atoms with Gasteiger partial charge in [-0.15, -0.1) is 0 Å². The first-order valence-electron chi connectivity index (χ1n) is 4.87. The quantitative estimate of drug-likeness (QED) is 0.689. The van der Waals surface area contributed by atoms with Gasteiger partial charge < -0.3 is 14.7 Å². The molecule has 2 heterocycles. The van der Waals surface area contributed by atoms with E-state index in [9.17, 15) is 4.79 Å². The maximum atomic E-state index is 11.0. The minimum absolute atomic E-state index is 0.232. The lowest BCUT2D eigenvalue weighted by Gasteiger charge is -2.25. The number of carboxylic acid groups (broad SMARTS) is 1. The van der Waals surface area contributed by atoms with Crippen LogP contribution in [-0.4, -0.2) is 57.6 Å². The molecular weight excluding hydrogens is 214 g/mol. The number of nitrogens with zero attached hydrogens (tertiary/aromatic N) is 5. The van der Waals surface area contributed by atoms with E-state index in [1.54, 1.807) is 19.0 Å². The van der Waals surface area contributed by atoms with Crippen LogP contribution in [-0.2, 0) is 16.6 Å². The normalized spacial score (nSPS) is 24.6. The Morgan fingerprint density at radius 2 is 2.38 bits per heavy atom. The van der Waals surface area contributed by atoms with E-state index in [1.807, 2.05) is 0 Å². The third-order valence-electron chi connectivity index (χ3n) is 2.78. The summed E-state index contributed by atoms with van der Waals surface area (Å²) in [5.41, 5.74) is 0. The van der Waals surface area contributed by atoms with E-state index in [0.717, 1.165) is 0 Å². The molecule has 8 heteroatoms. The highest BCUT2D eigenvalue weighted by atomic mass is 16.5. The smallest absolute Gasteiger partial charge is 0.311 e. The highest BCUT2D eigenvalue weighted by Gasteiger charge is 2.38. The third-order valence-corrected chi connectivity index (χ3v) is 2.78. The summed E-state index contributed by atoms with van der Waals surface area (Å²) in [5, 5.41) is 20.1. The molecule has 0 aromatic carbocycles. The molecule has 0 saturated carbocycles. The van der Waals surface area contributed by atoms with Crippen molar-refractivity contribution < 1.29 is 14.6 Å². The van der Waals surface area contributed by atoms with Gasteiger partial charge in [0.05, 0.1) is 19.3 Å². The Morgan fingerprint density at radius 3 is 2.94 bits per heavy atom. The number of aromatic nitrogens is 4. The van der Waals surface area contributed by atoms with Crippen molar-refractivity contribution in [3.05, 3.63) is 0 Å². The van der Waals surface area contributed by atoms with E-state index in [4.69, 9.17) is 9.84 Å². The van der Waals surface area contributed by atoms with Gasteiger partial charge in [-0.2, -0.15) is 0 Å². The number of rotatable bonds is 3. The second-order valence-corrected chi connectivity index (χ2v) is 3.76. The van der Waals surface area contributed by atoms with Crippen LogP contribution in [0.4, 0.5) is 5.95 Å². The number of ether oxygens (including phenoxy) is 1. The monoisotopic (exact) mass is 227 g/mol. The lowest BCUT2D eigenvalue weighted by Crippen LogP contribution is -2.42. The van der Waals surface area contributed by atoms with Crippen LogP contribution in [0, 0.1) is 5.92 Å². The fourth-order valence-electron chi connectivity index (χ4n) is 1.83. The first-order valence-corrected chi connectivity index (χ1v) is 4.87. The molecule has 8 nitrogen and oxygen atoms in total. The van der Waals surface area contributed by atoms with Crippen molar-refractivity contribution in [1.82, 2.24) is 20.2 Å². The van der Waals surface area contributed by atoms with Gasteiger partial charge in [-0.1, -0.05) is 5.10 Å². The Bertz CT molecular complexity index is 393. The van der Waals surface area contributed by atoms with Crippen molar-refractivity contribution in [2.75, 3.05) is 25.2 Å². The zero-order valence-electron chi connectivity index (χ0n) is 9.07. The SMILES string of the molecule is CN(c1nnnn1C)C1COCC1C(=O)O. The lowest BCUT2D eigenvalue weighted by molar-refractivity contribution is -0.141. The van der Waals surface area contributed by atoms with Crippen LogP contribution >= 0.6 is 0 Å². The van der Waals surface area contributed by atoms with Crippen molar-refractivity contribution >= 4 is 11.9 Å². The number of aryl methyl sites for hydroxylation is 1. The molecule has 0 bridgehead atoms. The van der Waals surface area contributed by atoms with Crippen LogP contribution in [0.25, 0.3) is 0 Å².